The van der Waals surface area contributed by atoms with E-state index in [0.717, 1.165) is 0 Å². The quantitative estimate of drug-likeness (QED) is 0.257. The molecule has 8 N–H and O–H groups in total. The molecule has 0 heterocycles. The number of rotatable bonds is 15. The Kier molecular flexibility index (Phi) is 12.2. The summed E-state index contributed by atoms with van der Waals surface area (Å²) >= 11 is 0. The zero-order chi connectivity index (χ0) is 20.4. The lowest BCUT2D eigenvalue weighted by Gasteiger charge is -2.52. The molecular formula is C20H44N2O4. The fourth-order valence-electron chi connectivity index (χ4n) is 4.06. The van der Waals surface area contributed by atoms with Gasteiger partial charge in [0.05, 0.1) is 24.4 Å². The molecule has 0 spiro atoms. The van der Waals surface area contributed by atoms with Crippen molar-refractivity contribution in [2.75, 3.05) is 6.54 Å². The monoisotopic (exact) mass is 376 g/mol. The smallest absolute Gasteiger partial charge is 0.0555 e. The third-order valence-electron chi connectivity index (χ3n) is 6.02. The lowest BCUT2D eigenvalue weighted by molar-refractivity contribution is -0.0514. The molecule has 0 aliphatic heterocycles. The van der Waals surface area contributed by atoms with Gasteiger partial charge in [-0.15, -0.1) is 0 Å². The van der Waals surface area contributed by atoms with Gasteiger partial charge in [0.25, 0.3) is 0 Å². The van der Waals surface area contributed by atoms with Crippen molar-refractivity contribution < 1.29 is 20.4 Å². The van der Waals surface area contributed by atoms with E-state index in [9.17, 15) is 20.4 Å². The van der Waals surface area contributed by atoms with Gasteiger partial charge >= 0.3 is 0 Å². The van der Waals surface area contributed by atoms with Crippen molar-refractivity contribution in [3.05, 3.63) is 0 Å². The van der Waals surface area contributed by atoms with Crippen LogP contribution in [0.1, 0.15) is 85.5 Å². The molecule has 0 aromatic rings. The summed E-state index contributed by atoms with van der Waals surface area (Å²) in [4.78, 5) is 0. The Labute approximate surface area is 160 Å². The SMILES string of the molecule is CCC(O)CC(N)(CC(O)CC)C(CCN)(CC(O)CC)CC(O)CC. The van der Waals surface area contributed by atoms with E-state index in [0.29, 0.717) is 64.3 Å². The lowest BCUT2D eigenvalue weighted by atomic mass is 9.57. The Hall–Kier alpha value is -0.240. The van der Waals surface area contributed by atoms with Crippen LogP contribution >= 0.6 is 0 Å². The van der Waals surface area contributed by atoms with Crippen LogP contribution < -0.4 is 11.5 Å². The molecule has 6 heteroatoms. The van der Waals surface area contributed by atoms with Gasteiger partial charge in [-0.2, -0.15) is 0 Å². The second-order valence-electron chi connectivity index (χ2n) is 8.04. The first-order chi connectivity index (χ1) is 12.1. The Bertz CT molecular complexity index is 344. The Morgan fingerprint density at radius 2 is 0.962 bits per heavy atom. The third-order valence-corrected chi connectivity index (χ3v) is 6.02. The van der Waals surface area contributed by atoms with Crippen LogP contribution in [0.5, 0.6) is 0 Å². The van der Waals surface area contributed by atoms with Crippen LogP contribution in [-0.4, -0.2) is 56.9 Å². The molecule has 4 atom stereocenters. The van der Waals surface area contributed by atoms with Crippen molar-refractivity contribution in [1.82, 2.24) is 0 Å². The van der Waals surface area contributed by atoms with Gasteiger partial charge in [0.2, 0.25) is 0 Å². The molecule has 6 nitrogen and oxygen atoms in total. The van der Waals surface area contributed by atoms with Crippen LogP contribution in [0.2, 0.25) is 0 Å². The second-order valence-corrected chi connectivity index (χ2v) is 8.04. The zero-order valence-electron chi connectivity index (χ0n) is 17.3. The molecule has 0 aliphatic rings. The van der Waals surface area contributed by atoms with E-state index >= 15 is 0 Å². The number of hydrogen-bond donors (Lipinski definition) is 6. The summed E-state index contributed by atoms with van der Waals surface area (Å²) in [5, 5.41) is 41.6. The highest BCUT2D eigenvalue weighted by molar-refractivity contribution is 5.06. The molecule has 4 unspecified atom stereocenters. The van der Waals surface area contributed by atoms with E-state index in [1.165, 1.54) is 0 Å². The average molecular weight is 377 g/mol. The van der Waals surface area contributed by atoms with Crippen LogP contribution in [0.25, 0.3) is 0 Å². The number of aliphatic hydroxyl groups is 4. The van der Waals surface area contributed by atoms with E-state index in [4.69, 9.17) is 11.5 Å². The number of aliphatic hydroxyl groups excluding tert-OH is 4. The summed E-state index contributed by atoms with van der Waals surface area (Å²) < 4.78 is 0. The van der Waals surface area contributed by atoms with Crippen molar-refractivity contribution >= 4 is 0 Å². The van der Waals surface area contributed by atoms with E-state index in [2.05, 4.69) is 0 Å². The average Bonchev–Trinajstić information content (AvgIpc) is 2.60. The summed E-state index contributed by atoms with van der Waals surface area (Å²) in [6.07, 6.45) is 1.93. The molecule has 0 aliphatic carbocycles. The highest BCUT2D eigenvalue weighted by Gasteiger charge is 2.50. The van der Waals surface area contributed by atoms with Crippen LogP contribution in [-0.2, 0) is 0 Å². The Morgan fingerprint density at radius 1 is 0.654 bits per heavy atom. The maximum Gasteiger partial charge on any atom is 0.0555 e. The van der Waals surface area contributed by atoms with E-state index in [1.807, 2.05) is 27.7 Å². The van der Waals surface area contributed by atoms with E-state index in [-0.39, 0.29) is 0 Å². The fraction of sp³-hybridized carbons (Fsp3) is 1.00. The summed E-state index contributed by atoms with van der Waals surface area (Å²) in [6, 6.07) is 0. The molecule has 0 saturated heterocycles. The minimum Gasteiger partial charge on any atom is -0.393 e. The molecule has 0 fully saturated rings. The van der Waals surface area contributed by atoms with Gasteiger partial charge in [-0.3, -0.25) is 0 Å². The van der Waals surface area contributed by atoms with Crippen molar-refractivity contribution in [3.63, 3.8) is 0 Å². The summed E-state index contributed by atoms with van der Waals surface area (Å²) in [7, 11) is 0. The lowest BCUT2D eigenvalue weighted by Crippen LogP contribution is -2.61. The first-order valence-electron chi connectivity index (χ1n) is 10.3. The largest absolute Gasteiger partial charge is 0.393 e. The van der Waals surface area contributed by atoms with Gasteiger partial charge in [-0.25, -0.2) is 0 Å². The normalized spacial score (nSPS) is 21.5. The second kappa shape index (κ2) is 12.3. The maximum atomic E-state index is 10.4. The summed E-state index contributed by atoms with van der Waals surface area (Å²) in [5.41, 5.74) is 11.3. The molecule has 26 heavy (non-hydrogen) atoms. The first kappa shape index (κ1) is 25.8. The molecule has 0 bridgehead atoms. The fourth-order valence-corrected chi connectivity index (χ4v) is 4.06. The van der Waals surface area contributed by atoms with Gasteiger partial charge in [0, 0.05) is 5.54 Å². The molecule has 0 rings (SSSR count). The molecule has 0 saturated carbocycles. The molecule has 0 radical (unpaired) electrons. The number of hydrogen-bond acceptors (Lipinski definition) is 6. The maximum absolute atomic E-state index is 10.4. The van der Waals surface area contributed by atoms with E-state index in [1.54, 1.807) is 0 Å². The van der Waals surface area contributed by atoms with Crippen LogP contribution in [0.15, 0.2) is 0 Å². The van der Waals surface area contributed by atoms with Crippen molar-refractivity contribution in [1.29, 1.82) is 0 Å². The molecule has 0 aromatic heterocycles. The highest BCUT2D eigenvalue weighted by atomic mass is 16.3. The Morgan fingerprint density at radius 3 is 1.23 bits per heavy atom. The van der Waals surface area contributed by atoms with Crippen LogP contribution in [0, 0.1) is 5.41 Å². The minimum atomic E-state index is -0.927. The predicted molar refractivity (Wildman–Crippen MR) is 107 cm³/mol. The van der Waals surface area contributed by atoms with Gasteiger partial charge in [0.15, 0.2) is 0 Å². The molecule has 0 aromatic carbocycles. The van der Waals surface area contributed by atoms with Gasteiger partial charge < -0.3 is 31.9 Å². The van der Waals surface area contributed by atoms with Crippen molar-refractivity contribution in [2.24, 2.45) is 16.9 Å². The zero-order valence-corrected chi connectivity index (χ0v) is 17.3. The van der Waals surface area contributed by atoms with Crippen molar-refractivity contribution in [3.8, 4) is 0 Å². The molecule has 0 amide bonds. The third kappa shape index (κ3) is 7.41. The Balaban J connectivity index is 6.12. The summed E-state index contributed by atoms with van der Waals surface area (Å²) in [5.74, 6) is 0. The van der Waals surface area contributed by atoms with Crippen LogP contribution in [0.3, 0.4) is 0 Å². The van der Waals surface area contributed by atoms with E-state index < -0.39 is 35.4 Å². The minimum absolute atomic E-state index is 0.313. The first-order valence-corrected chi connectivity index (χ1v) is 10.3. The molecular weight excluding hydrogens is 332 g/mol. The van der Waals surface area contributed by atoms with Crippen LogP contribution in [0.4, 0.5) is 0 Å². The van der Waals surface area contributed by atoms with Gasteiger partial charge in [-0.05, 0) is 69.7 Å². The molecule has 158 valence electrons. The standard InChI is InChI=1S/C20H44N2O4/c1-5-15(23)11-19(9-10-21,12-16(24)6-2)20(22,13-17(25)7-3)14-18(26)8-4/h15-18,23-26H,5-14,21-22H2,1-4H3. The van der Waals surface area contributed by atoms with Gasteiger partial charge in [-0.1, -0.05) is 27.7 Å². The highest BCUT2D eigenvalue weighted by Crippen LogP contribution is 2.48. The van der Waals surface area contributed by atoms with Gasteiger partial charge in [0.1, 0.15) is 0 Å². The number of nitrogens with two attached hydrogens (primary N) is 2. The topological polar surface area (TPSA) is 133 Å². The summed E-state index contributed by atoms with van der Waals surface area (Å²) in [6.45, 7) is 7.99. The predicted octanol–water partition coefficient (Wildman–Crippen LogP) is 1.66. The van der Waals surface area contributed by atoms with Crippen molar-refractivity contribution in [2.45, 2.75) is 115 Å².